The van der Waals surface area contributed by atoms with E-state index >= 15 is 0 Å². The molecular formula is C26H31N5O5S2. The zero-order chi connectivity index (χ0) is 26.7. The van der Waals surface area contributed by atoms with Crippen molar-refractivity contribution >= 4 is 38.7 Å². The first-order chi connectivity index (χ1) is 18.4. The molecule has 1 atom stereocenters. The summed E-state index contributed by atoms with van der Waals surface area (Å²) in [5.41, 5.74) is 1.51. The fourth-order valence-electron chi connectivity index (χ4n) is 5.06. The zero-order valence-corrected chi connectivity index (χ0v) is 22.9. The second-order valence-electron chi connectivity index (χ2n) is 9.29. The summed E-state index contributed by atoms with van der Waals surface area (Å²) in [6, 6.07) is 12.6. The van der Waals surface area contributed by atoms with Gasteiger partial charge in [-0.2, -0.15) is 14.1 Å². The Morgan fingerprint density at radius 3 is 2.50 bits per heavy atom. The van der Waals surface area contributed by atoms with Crippen LogP contribution in [0, 0.1) is 5.92 Å². The van der Waals surface area contributed by atoms with Crippen LogP contribution < -0.4 is 15.4 Å². The Balaban J connectivity index is 1.47. The Kier molecular flexibility index (Phi) is 7.82. The van der Waals surface area contributed by atoms with Crippen LogP contribution in [0.3, 0.4) is 0 Å². The van der Waals surface area contributed by atoms with Gasteiger partial charge in [-0.1, -0.05) is 24.3 Å². The predicted molar refractivity (Wildman–Crippen MR) is 147 cm³/mol. The molecule has 10 nitrogen and oxygen atoms in total. The molecule has 2 saturated heterocycles. The molecule has 0 aliphatic carbocycles. The smallest absolute Gasteiger partial charge is 0.310 e. The third-order valence-electron chi connectivity index (χ3n) is 6.96. The lowest BCUT2D eigenvalue weighted by Gasteiger charge is -2.39. The first kappa shape index (κ1) is 26.4. The summed E-state index contributed by atoms with van der Waals surface area (Å²) in [5, 5.41) is 6.24. The topological polar surface area (TPSA) is 105 Å². The lowest BCUT2D eigenvalue weighted by atomic mass is 9.97. The van der Waals surface area contributed by atoms with Crippen molar-refractivity contribution in [2.45, 2.75) is 24.0 Å². The molecule has 0 amide bonds. The van der Waals surface area contributed by atoms with Crippen molar-refractivity contribution in [1.29, 1.82) is 0 Å². The van der Waals surface area contributed by atoms with E-state index in [0.717, 1.165) is 6.42 Å². The second kappa shape index (κ2) is 11.3. The maximum Gasteiger partial charge on any atom is 0.310 e. The van der Waals surface area contributed by atoms with Crippen molar-refractivity contribution in [2.24, 2.45) is 5.92 Å². The van der Waals surface area contributed by atoms with Gasteiger partial charge in [-0.3, -0.25) is 9.59 Å². The molecule has 4 heterocycles. The number of esters is 1. The number of nitrogens with zero attached hydrogens (tertiary/aromatic N) is 5. The maximum absolute atomic E-state index is 13.9. The van der Waals surface area contributed by atoms with Crippen LogP contribution in [0.15, 0.2) is 63.0 Å². The van der Waals surface area contributed by atoms with Crippen LogP contribution in [0.4, 0.5) is 11.4 Å². The second-order valence-corrected chi connectivity index (χ2v) is 12.4. The Morgan fingerprint density at radius 2 is 1.82 bits per heavy atom. The molecule has 3 aromatic rings. The van der Waals surface area contributed by atoms with Crippen LogP contribution >= 0.6 is 11.3 Å². The third kappa shape index (κ3) is 5.20. The number of aromatic nitrogens is 2. The Labute approximate surface area is 226 Å². The van der Waals surface area contributed by atoms with E-state index in [4.69, 9.17) is 4.74 Å². The van der Waals surface area contributed by atoms with Gasteiger partial charge in [0.05, 0.1) is 30.1 Å². The molecule has 0 spiro atoms. The van der Waals surface area contributed by atoms with Gasteiger partial charge >= 0.3 is 5.97 Å². The Bertz CT molecular complexity index is 1420. The molecule has 2 aromatic heterocycles. The molecule has 0 bridgehead atoms. The molecule has 5 rings (SSSR count). The first-order valence-electron chi connectivity index (χ1n) is 12.8. The number of thiophene rings is 1. The van der Waals surface area contributed by atoms with Crippen LogP contribution in [-0.4, -0.2) is 74.3 Å². The van der Waals surface area contributed by atoms with Crippen molar-refractivity contribution in [1.82, 2.24) is 14.1 Å². The van der Waals surface area contributed by atoms with Crippen LogP contribution in [0.25, 0.3) is 5.69 Å². The highest BCUT2D eigenvalue weighted by Gasteiger charge is 2.34. The predicted octanol–water partition coefficient (Wildman–Crippen LogP) is 2.58. The fourth-order valence-corrected chi connectivity index (χ4v) is 7.62. The average molecular weight is 558 g/mol. The lowest BCUT2D eigenvalue weighted by Crippen LogP contribution is -2.50. The van der Waals surface area contributed by atoms with E-state index in [1.807, 2.05) is 40.1 Å². The van der Waals surface area contributed by atoms with Crippen LogP contribution in [-0.2, 0) is 19.6 Å². The van der Waals surface area contributed by atoms with E-state index in [1.54, 1.807) is 30.6 Å². The summed E-state index contributed by atoms with van der Waals surface area (Å²) in [6.45, 7) is 4.55. The first-order valence-corrected chi connectivity index (χ1v) is 15.1. The van der Waals surface area contributed by atoms with Gasteiger partial charge < -0.3 is 14.5 Å². The van der Waals surface area contributed by atoms with Gasteiger partial charge in [0.15, 0.2) is 0 Å². The number of piperidine rings is 1. The lowest BCUT2D eigenvalue weighted by molar-refractivity contribution is -0.148. The summed E-state index contributed by atoms with van der Waals surface area (Å²) < 4.78 is 34.5. The highest BCUT2D eigenvalue weighted by Crippen LogP contribution is 2.31. The highest BCUT2D eigenvalue weighted by atomic mass is 32.2. The molecule has 1 aromatic carbocycles. The molecule has 0 saturated carbocycles. The number of piperazine rings is 1. The van der Waals surface area contributed by atoms with E-state index < -0.39 is 10.0 Å². The normalized spacial score (nSPS) is 18.9. The highest BCUT2D eigenvalue weighted by molar-refractivity contribution is 7.91. The number of para-hydroxylation sites is 1. The molecule has 202 valence electrons. The van der Waals surface area contributed by atoms with Crippen molar-refractivity contribution in [2.75, 3.05) is 55.7 Å². The number of carbonyl (C=O) groups excluding carboxylic acids is 1. The maximum atomic E-state index is 13.9. The minimum atomic E-state index is -3.55. The monoisotopic (exact) mass is 557 g/mol. The molecule has 2 aliphatic rings. The molecule has 12 heteroatoms. The van der Waals surface area contributed by atoms with E-state index in [-0.39, 0.29) is 17.4 Å². The van der Waals surface area contributed by atoms with Gasteiger partial charge in [-0.05, 0) is 43.3 Å². The number of benzene rings is 1. The summed E-state index contributed by atoms with van der Waals surface area (Å²) in [4.78, 5) is 30.5. The number of rotatable bonds is 7. The quantitative estimate of drug-likeness (QED) is 0.409. The largest absolute Gasteiger partial charge is 0.466 e. The molecule has 0 N–H and O–H groups in total. The van der Waals surface area contributed by atoms with Crippen LogP contribution in [0.2, 0.25) is 0 Å². The number of sulfonamides is 1. The Morgan fingerprint density at radius 1 is 1.05 bits per heavy atom. The standard InChI is InChI=1S/C26H31N5O5S2/c1-2-36-26(33)20-8-6-12-29(19-20)24-22(18-27-31(25(24)32)21-9-4-3-5-10-21)28-13-15-30(16-14-28)38(34,35)23-11-7-17-37-23/h3-5,7,9-11,17-18,20H,2,6,8,12-16,19H2,1H3. The molecule has 0 radical (unpaired) electrons. The minimum absolute atomic E-state index is 0.247. The third-order valence-corrected chi connectivity index (χ3v) is 10.2. The van der Waals surface area contributed by atoms with Crippen LogP contribution in [0.5, 0.6) is 0 Å². The van der Waals surface area contributed by atoms with E-state index in [9.17, 15) is 18.0 Å². The summed E-state index contributed by atoms with van der Waals surface area (Å²) in [6.07, 6.45) is 3.14. The van der Waals surface area contributed by atoms with Gasteiger partial charge in [0.2, 0.25) is 0 Å². The average Bonchev–Trinajstić information content (AvgIpc) is 3.50. The van der Waals surface area contributed by atoms with E-state index in [2.05, 4.69) is 5.10 Å². The number of hydrogen-bond donors (Lipinski definition) is 0. The fraction of sp³-hybridized carbons (Fsp3) is 0.423. The van der Waals surface area contributed by atoms with Gasteiger partial charge in [0.1, 0.15) is 9.90 Å². The summed E-state index contributed by atoms with van der Waals surface area (Å²) >= 11 is 1.21. The molecule has 2 aliphatic heterocycles. The Hall–Kier alpha value is -3.22. The van der Waals surface area contributed by atoms with E-state index in [0.29, 0.717) is 73.6 Å². The number of hydrogen-bond acceptors (Lipinski definition) is 9. The number of ether oxygens (including phenoxy) is 1. The molecular weight excluding hydrogens is 526 g/mol. The van der Waals surface area contributed by atoms with Crippen LogP contribution in [0.1, 0.15) is 19.8 Å². The van der Waals surface area contributed by atoms with Gasteiger partial charge in [-0.15, -0.1) is 11.3 Å². The van der Waals surface area contributed by atoms with Gasteiger partial charge in [0, 0.05) is 39.3 Å². The summed E-state index contributed by atoms with van der Waals surface area (Å²) in [7, 11) is -3.55. The number of anilines is 2. The van der Waals surface area contributed by atoms with Crippen molar-refractivity contribution in [3.63, 3.8) is 0 Å². The van der Waals surface area contributed by atoms with E-state index in [1.165, 1.54) is 20.3 Å². The van der Waals surface area contributed by atoms with Gasteiger partial charge in [0.25, 0.3) is 15.6 Å². The molecule has 38 heavy (non-hydrogen) atoms. The van der Waals surface area contributed by atoms with Crippen molar-refractivity contribution in [3.8, 4) is 5.69 Å². The zero-order valence-electron chi connectivity index (χ0n) is 21.2. The van der Waals surface area contributed by atoms with Crippen molar-refractivity contribution in [3.05, 3.63) is 64.4 Å². The summed E-state index contributed by atoms with van der Waals surface area (Å²) in [5.74, 6) is -0.564. The van der Waals surface area contributed by atoms with Crippen molar-refractivity contribution < 1.29 is 17.9 Å². The van der Waals surface area contributed by atoms with Gasteiger partial charge in [-0.25, -0.2) is 8.42 Å². The SMILES string of the molecule is CCOC(=O)C1CCCN(c2c(N3CCN(S(=O)(=O)c4cccs4)CC3)cnn(-c3ccccc3)c2=O)C1. The minimum Gasteiger partial charge on any atom is -0.466 e. The molecule has 2 fully saturated rings. The number of carbonyl (C=O) groups is 1. The molecule has 1 unspecified atom stereocenters.